The summed E-state index contributed by atoms with van der Waals surface area (Å²) in [7, 11) is 0. The third-order valence-corrected chi connectivity index (χ3v) is 9.39. The number of rotatable bonds is 5. The number of nitrogens with zero attached hydrogens (tertiary/aromatic N) is 1. The molecule has 220 valence electrons. The molecular weight excluding hydrogens is 567 g/mol. The van der Waals surface area contributed by atoms with Crippen LogP contribution in [0.25, 0.3) is 65.3 Å². The molecule has 0 aliphatic carbocycles. The summed E-state index contributed by atoms with van der Waals surface area (Å²) in [6.07, 6.45) is 0. The second-order valence-corrected chi connectivity index (χ2v) is 12.2. The van der Waals surface area contributed by atoms with Gasteiger partial charge in [-0.05, 0) is 120 Å². The van der Waals surface area contributed by atoms with Crippen LogP contribution in [0.3, 0.4) is 0 Å². The Kier molecular flexibility index (Phi) is 6.54. The standard InChI is InChI=1S/C46H31N/c1-3-12-32(13-4-1)34-14-11-17-40(29-34)47(38-15-5-2-6-16-38)39-26-24-33(25-27-39)35-22-23-36-30-45-43-20-9-7-18-41(43)42-19-8-10-21-44(42)46(45)31-37(36)28-35/h1-31H. The molecule has 0 spiro atoms. The van der Waals surface area contributed by atoms with Crippen LogP contribution in [0.2, 0.25) is 0 Å². The molecule has 0 unspecified atom stereocenters. The summed E-state index contributed by atoms with van der Waals surface area (Å²) >= 11 is 0. The van der Waals surface area contributed by atoms with Crippen LogP contribution in [0.1, 0.15) is 0 Å². The molecule has 0 aliphatic heterocycles. The van der Waals surface area contributed by atoms with Crippen LogP contribution >= 0.6 is 0 Å². The molecule has 0 saturated heterocycles. The Bertz CT molecular complexity index is 2550. The zero-order valence-corrected chi connectivity index (χ0v) is 25.8. The summed E-state index contributed by atoms with van der Waals surface area (Å²) < 4.78 is 0. The maximum absolute atomic E-state index is 2.38. The number of benzene rings is 9. The molecule has 9 aromatic carbocycles. The van der Waals surface area contributed by atoms with E-state index in [9.17, 15) is 0 Å². The SMILES string of the molecule is c1ccc(-c2cccc(N(c3ccccc3)c3ccc(-c4ccc5cc6c7ccccc7c7ccccc7c6cc5c4)cc3)c2)cc1. The van der Waals surface area contributed by atoms with E-state index < -0.39 is 0 Å². The molecule has 1 nitrogen and oxygen atoms in total. The van der Waals surface area contributed by atoms with Crippen molar-refractivity contribution in [1.29, 1.82) is 0 Å². The molecule has 0 bridgehead atoms. The van der Waals surface area contributed by atoms with E-state index in [0.717, 1.165) is 17.1 Å². The first-order valence-corrected chi connectivity index (χ1v) is 16.2. The monoisotopic (exact) mass is 597 g/mol. The molecule has 47 heavy (non-hydrogen) atoms. The fourth-order valence-corrected chi connectivity index (χ4v) is 7.11. The van der Waals surface area contributed by atoms with Crippen molar-refractivity contribution in [1.82, 2.24) is 0 Å². The second-order valence-electron chi connectivity index (χ2n) is 12.2. The van der Waals surface area contributed by atoms with Crippen molar-refractivity contribution < 1.29 is 0 Å². The summed E-state index contributed by atoms with van der Waals surface area (Å²) in [5.74, 6) is 0. The summed E-state index contributed by atoms with van der Waals surface area (Å²) in [6, 6.07) is 68.1. The van der Waals surface area contributed by atoms with Gasteiger partial charge in [-0.3, -0.25) is 0 Å². The first-order chi connectivity index (χ1) is 23.3. The van der Waals surface area contributed by atoms with Crippen LogP contribution in [0.15, 0.2) is 188 Å². The third-order valence-electron chi connectivity index (χ3n) is 9.39. The Morgan fingerprint density at radius 3 is 1.34 bits per heavy atom. The Morgan fingerprint density at radius 2 is 0.681 bits per heavy atom. The highest BCUT2D eigenvalue weighted by atomic mass is 15.1. The van der Waals surface area contributed by atoms with Crippen molar-refractivity contribution in [3.63, 3.8) is 0 Å². The molecule has 9 aromatic rings. The van der Waals surface area contributed by atoms with Gasteiger partial charge in [0.25, 0.3) is 0 Å². The lowest BCUT2D eigenvalue weighted by molar-refractivity contribution is 1.28. The Morgan fingerprint density at radius 1 is 0.234 bits per heavy atom. The van der Waals surface area contributed by atoms with Gasteiger partial charge in [-0.25, -0.2) is 0 Å². The number of anilines is 3. The van der Waals surface area contributed by atoms with Gasteiger partial charge in [0.1, 0.15) is 0 Å². The van der Waals surface area contributed by atoms with E-state index in [4.69, 9.17) is 0 Å². The largest absolute Gasteiger partial charge is 0.310 e. The average molecular weight is 598 g/mol. The molecule has 0 aromatic heterocycles. The first kappa shape index (κ1) is 27.2. The minimum absolute atomic E-state index is 1.12. The van der Waals surface area contributed by atoms with E-state index in [1.165, 1.54) is 65.3 Å². The summed E-state index contributed by atoms with van der Waals surface area (Å²) in [4.78, 5) is 2.33. The molecule has 0 atom stereocenters. The number of para-hydroxylation sites is 1. The predicted molar refractivity (Wildman–Crippen MR) is 202 cm³/mol. The van der Waals surface area contributed by atoms with Gasteiger partial charge in [-0.1, -0.05) is 133 Å². The third kappa shape index (κ3) is 4.81. The molecule has 9 rings (SSSR count). The lowest BCUT2D eigenvalue weighted by Crippen LogP contribution is -2.09. The molecule has 1 heteroatoms. The van der Waals surface area contributed by atoms with Crippen molar-refractivity contribution in [3.8, 4) is 22.3 Å². The molecule has 0 fully saturated rings. The van der Waals surface area contributed by atoms with Gasteiger partial charge in [0.2, 0.25) is 0 Å². The van der Waals surface area contributed by atoms with Gasteiger partial charge >= 0.3 is 0 Å². The quantitative estimate of drug-likeness (QED) is 0.141. The Labute approximate surface area is 274 Å². The number of hydrogen-bond acceptors (Lipinski definition) is 1. The zero-order chi connectivity index (χ0) is 31.2. The second kappa shape index (κ2) is 11.3. The zero-order valence-electron chi connectivity index (χ0n) is 25.8. The molecule has 0 N–H and O–H groups in total. The van der Waals surface area contributed by atoms with Crippen molar-refractivity contribution in [2.75, 3.05) is 4.90 Å². The molecule has 0 saturated carbocycles. The van der Waals surface area contributed by atoms with Crippen LogP contribution in [0, 0.1) is 0 Å². The Hall–Kier alpha value is -6.18. The van der Waals surface area contributed by atoms with Crippen molar-refractivity contribution >= 4 is 60.2 Å². The van der Waals surface area contributed by atoms with Crippen molar-refractivity contribution in [2.45, 2.75) is 0 Å². The van der Waals surface area contributed by atoms with E-state index in [1.54, 1.807) is 0 Å². The summed E-state index contributed by atoms with van der Waals surface area (Å²) in [6.45, 7) is 0. The fourth-order valence-electron chi connectivity index (χ4n) is 7.11. The summed E-state index contributed by atoms with van der Waals surface area (Å²) in [5, 5.41) is 10.3. The lowest BCUT2D eigenvalue weighted by atomic mass is 9.91. The van der Waals surface area contributed by atoms with E-state index in [1.807, 2.05) is 0 Å². The van der Waals surface area contributed by atoms with Gasteiger partial charge in [0.05, 0.1) is 0 Å². The maximum atomic E-state index is 2.38. The smallest absolute Gasteiger partial charge is 0.0467 e. The van der Waals surface area contributed by atoms with E-state index in [0.29, 0.717) is 0 Å². The van der Waals surface area contributed by atoms with Crippen LogP contribution in [-0.4, -0.2) is 0 Å². The van der Waals surface area contributed by atoms with E-state index in [-0.39, 0.29) is 0 Å². The highest BCUT2D eigenvalue weighted by Crippen LogP contribution is 2.40. The van der Waals surface area contributed by atoms with Gasteiger partial charge in [-0.2, -0.15) is 0 Å². The van der Waals surface area contributed by atoms with Crippen LogP contribution in [0.5, 0.6) is 0 Å². The minimum Gasteiger partial charge on any atom is -0.310 e. The van der Waals surface area contributed by atoms with Crippen LogP contribution in [0.4, 0.5) is 17.1 Å². The normalized spacial score (nSPS) is 11.4. The summed E-state index contributed by atoms with van der Waals surface area (Å²) in [5.41, 5.74) is 8.20. The van der Waals surface area contributed by atoms with Gasteiger partial charge in [0, 0.05) is 17.1 Å². The molecule has 0 aliphatic rings. The van der Waals surface area contributed by atoms with Gasteiger partial charge in [0.15, 0.2) is 0 Å². The highest BCUT2D eigenvalue weighted by Gasteiger charge is 2.14. The predicted octanol–water partition coefficient (Wildman–Crippen LogP) is 13.1. The Balaban J connectivity index is 1.13. The average Bonchev–Trinajstić information content (AvgIpc) is 3.15. The van der Waals surface area contributed by atoms with Gasteiger partial charge < -0.3 is 4.90 Å². The van der Waals surface area contributed by atoms with E-state index >= 15 is 0 Å². The molecule has 0 amide bonds. The van der Waals surface area contributed by atoms with Crippen LogP contribution < -0.4 is 4.90 Å². The molecule has 0 heterocycles. The lowest BCUT2D eigenvalue weighted by Gasteiger charge is -2.26. The molecular formula is C46H31N. The number of fused-ring (bicyclic) bond motifs is 7. The topological polar surface area (TPSA) is 3.24 Å². The van der Waals surface area contributed by atoms with Gasteiger partial charge in [-0.15, -0.1) is 0 Å². The first-order valence-electron chi connectivity index (χ1n) is 16.2. The highest BCUT2D eigenvalue weighted by molar-refractivity contribution is 6.27. The number of hydrogen-bond donors (Lipinski definition) is 0. The fraction of sp³-hybridized carbons (Fsp3) is 0. The maximum Gasteiger partial charge on any atom is 0.0467 e. The van der Waals surface area contributed by atoms with Crippen molar-refractivity contribution in [2.24, 2.45) is 0 Å². The van der Waals surface area contributed by atoms with E-state index in [2.05, 4.69) is 193 Å². The van der Waals surface area contributed by atoms with Crippen LogP contribution in [-0.2, 0) is 0 Å². The van der Waals surface area contributed by atoms with Crippen molar-refractivity contribution in [3.05, 3.63) is 188 Å². The minimum atomic E-state index is 1.12. The molecule has 0 radical (unpaired) electrons.